The van der Waals surface area contributed by atoms with Crippen LogP contribution in [0.2, 0.25) is 0 Å². The van der Waals surface area contributed by atoms with E-state index in [2.05, 4.69) is 28.2 Å². The van der Waals surface area contributed by atoms with E-state index in [1.54, 1.807) is 14.2 Å². The van der Waals surface area contributed by atoms with Crippen molar-refractivity contribution in [3.05, 3.63) is 23.9 Å². The standard InChI is InChI=1S/C14H25N3O2/c1-4-15-12-13-6-5-7-16-14(13)17(8-10-18-2)9-11-19-3/h5-7,15H,4,8-12H2,1-3H3. The molecule has 0 bridgehead atoms. The van der Waals surface area contributed by atoms with Crippen LogP contribution in [-0.2, 0) is 16.0 Å². The number of ether oxygens (including phenoxy) is 2. The van der Waals surface area contributed by atoms with Crippen molar-refractivity contribution in [2.75, 3.05) is 52.0 Å². The number of aromatic nitrogens is 1. The van der Waals surface area contributed by atoms with Crippen LogP contribution in [0.1, 0.15) is 12.5 Å². The summed E-state index contributed by atoms with van der Waals surface area (Å²) in [6.45, 7) is 6.87. The molecule has 1 rings (SSSR count). The lowest BCUT2D eigenvalue weighted by Crippen LogP contribution is -2.32. The van der Waals surface area contributed by atoms with Gasteiger partial charge in [-0.15, -0.1) is 0 Å². The Labute approximate surface area is 115 Å². The highest BCUT2D eigenvalue weighted by Gasteiger charge is 2.11. The van der Waals surface area contributed by atoms with E-state index in [0.717, 1.165) is 32.0 Å². The summed E-state index contributed by atoms with van der Waals surface area (Å²) in [6, 6.07) is 4.08. The van der Waals surface area contributed by atoms with Crippen LogP contribution < -0.4 is 10.2 Å². The first-order valence-corrected chi connectivity index (χ1v) is 6.70. The van der Waals surface area contributed by atoms with Gasteiger partial charge in [0.15, 0.2) is 0 Å². The van der Waals surface area contributed by atoms with E-state index in [4.69, 9.17) is 9.47 Å². The number of hydrogen-bond donors (Lipinski definition) is 1. The molecule has 0 fully saturated rings. The summed E-state index contributed by atoms with van der Waals surface area (Å²) in [5, 5.41) is 3.34. The SMILES string of the molecule is CCNCc1cccnc1N(CCOC)CCOC. The minimum Gasteiger partial charge on any atom is -0.383 e. The fraction of sp³-hybridized carbons (Fsp3) is 0.643. The number of pyridine rings is 1. The van der Waals surface area contributed by atoms with Crippen LogP contribution in [0, 0.1) is 0 Å². The average molecular weight is 267 g/mol. The van der Waals surface area contributed by atoms with Crippen molar-refractivity contribution >= 4 is 5.82 Å². The number of nitrogens with one attached hydrogen (secondary N) is 1. The second kappa shape index (κ2) is 9.72. The van der Waals surface area contributed by atoms with Gasteiger partial charge in [-0.1, -0.05) is 13.0 Å². The number of methoxy groups -OCH3 is 2. The van der Waals surface area contributed by atoms with Crippen molar-refractivity contribution in [3.63, 3.8) is 0 Å². The van der Waals surface area contributed by atoms with Gasteiger partial charge in [-0.3, -0.25) is 0 Å². The van der Waals surface area contributed by atoms with Gasteiger partial charge in [0.05, 0.1) is 13.2 Å². The highest BCUT2D eigenvalue weighted by Crippen LogP contribution is 2.16. The van der Waals surface area contributed by atoms with Gasteiger partial charge in [0.25, 0.3) is 0 Å². The van der Waals surface area contributed by atoms with Gasteiger partial charge < -0.3 is 19.7 Å². The Kier molecular flexibility index (Phi) is 8.13. The second-order valence-corrected chi connectivity index (χ2v) is 4.24. The minimum absolute atomic E-state index is 0.681. The van der Waals surface area contributed by atoms with Crippen LogP contribution in [0.15, 0.2) is 18.3 Å². The monoisotopic (exact) mass is 267 g/mol. The van der Waals surface area contributed by atoms with E-state index < -0.39 is 0 Å². The first-order chi connectivity index (χ1) is 9.33. The maximum Gasteiger partial charge on any atom is 0.133 e. The van der Waals surface area contributed by atoms with Crippen molar-refractivity contribution in [2.45, 2.75) is 13.5 Å². The molecule has 0 aromatic carbocycles. The van der Waals surface area contributed by atoms with E-state index >= 15 is 0 Å². The Morgan fingerprint density at radius 1 is 1.21 bits per heavy atom. The normalized spacial score (nSPS) is 10.7. The van der Waals surface area contributed by atoms with E-state index in [-0.39, 0.29) is 0 Å². The van der Waals surface area contributed by atoms with Crippen molar-refractivity contribution in [3.8, 4) is 0 Å². The third-order valence-electron chi connectivity index (χ3n) is 2.86. The zero-order chi connectivity index (χ0) is 13.9. The number of nitrogens with zero attached hydrogens (tertiary/aromatic N) is 2. The topological polar surface area (TPSA) is 46.6 Å². The Balaban J connectivity index is 2.79. The van der Waals surface area contributed by atoms with E-state index in [1.165, 1.54) is 5.56 Å². The first kappa shape index (κ1) is 15.9. The average Bonchev–Trinajstić information content (AvgIpc) is 2.46. The lowest BCUT2D eigenvalue weighted by Gasteiger charge is -2.25. The van der Waals surface area contributed by atoms with Gasteiger partial charge in [0, 0.05) is 45.6 Å². The summed E-state index contributed by atoms with van der Waals surface area (Å²) in [7, 11) is 3.43. The Hall–Kier alpha value is -1.17. The van der Waals surface area contributed by atoms with Crippen LogP contribution >= 0.6 is 0 Å². The number of rotatable bonds is 10. The summed E-state index contributed by atoms with van der Waals surface area (Å²) in [6.07, 6.45) is 1.83. The van der Waals surface area contributed by atoms with Gasteiger partial charge in [-0.25, -0.2) is 4.98 Å². The van der Waals surface area contributed by atoms with Crippen molar-refractivity contribution in [1.29, 1.82) is 0 Å². The summed E-state index contributed by atoms with van der Waals surface area (Å²) in [5.41, 5.74) is 1.21. The molecule has 19 heavy (non-hydrogen) atoms. The van der Waals surface area contributed by atoms with E-state index in [0.29, 0.717) is 13.2 Å². The Bertz CT molecular complexity index is 339. The summed E-state index contributed by atoms with van der Waals surface area (Å²) >= 11 is 0. The van der Waals surface area contributed by atoms with Gasteiger partial charge in [0.2, 0.25) is 0 Å². The van der Waals surface area contributed by atoms with Crippen LogP contribution in [0.25, 0.3) is 0 Å². The molecular weight excluding hydrogens is 242 g/mol. The molecule has 0 radical (unpaired) electrons. The highest BCUT2D eigenvalue weighted by atomic mass is 16.5. The van der Waals surface area contributed by atoms with Crippen LogP contribution in [0.4, 0.5) is 5.82 Å². The first-order valence-electron chi connectivity index (χ1n) is 6.70. The molecule has 0 aliphatic carbocycles. The number of hydrogen-bond acceptors (Lipinski definition) is 5. The van der Waals surface area contributed by atoms with Gasteiger partial charge >= 0.3 is 0 Å². The number of anilines is 1. The predicted octanol–water partition coefficient (Wildman–Crippen LogP) is 1.29. The second-order valence-electron chi connectivity index (χ2n) is 4.24. The fourth-order valence-electron chi connectivity index (χ4n) is 1.84. The molecule has 0 atom stereocenters. The van der Waals surface area contributed by atoms with Gasteiger partial charge in [0.1, 0.15) is 5.82 Å². The molecule has 108 valence electrons. The molecule has 0 spiro atoms. The molecule has 0 amide bonds. The van der Waals surface area contributed by atoms with Crippen molar-refractivity contribution in [1.82, 2.24) is 10.3 Å². The summed E-state index contributed by atoms with van der Waals surface area (Å²) in [5.74, 6) is 1.01. The molecule has 1 aromatic rings. The molecule has 0 saturated heterocycles. The predicted molar refractivity (Wildman–Crippen MR) is 77.6 cm³/mol. The molecule has 0 unspecified atom stereocenters. The zero-order valence-corrected chi connectivity index (χ0v) is 12.2. The molecular formula is C14H25N3O2. The maximum absolute atomic E-state index is 5.17. The Morgan fingerprint density at radius 3 is 2.47 bits per heavy atom. The molecule has 1 aromatic heterocycles. The highest BCUT2D eigenvalue weighted by molar-refractivity contribution is 5.46. The van der Waals surface area contributed by atoms with E-state index in [1.807, 2.05) is 12.3 Å². The third kappa shape index (κ3) is 5.55. The Morgan fingerprint density at radius 2 is 1.89 bits per heavy atom. The smallest absolute Gasteiger partial charge is 0.133 e. The molecule has 1 heterocycles. The molecule has 5 nitrogen and oxygen atoms in total. The molecule has 0 aliphatic rings. The fourth-order valence-corrected chi connectivity index (χ4v) is 1.84. The van der Waals surface area contributed by atoms with Crippen LogP contribution in [-0.4, -0.2) is 52.1 Å². The molecule has 0 aliphatic heterocycles. The van der Waals surface area contributed by atoms with Crippen molar-refractivity contribution < 1.29 is 9.47 Å². The quantitative estimate of drug-likeness (QED) is 0.692. The van der Waals surface area contributed by atoms with Gasteiger partial charge in [-0.05, 0) is 12.6 Å². The minimum atomic E-state index is 0.681. The lowest BCUT2D eigenvalue weighted by atomic mass is 10.2. The molecule has 5 heteroatoms. The molecule has 0 saturated carbocycles. The zero-order valence-electron chi connectivity index (χ0n) is 12.2. The molecule has 1 N–H and O–H groups in total. The maximum atomic E-state index is 5.17. The summed E-state index contributed by atoms with van der Waals surface area (Å²) < 4.78 is 10.3. The van der Waals surface area contributed by atoms with Crippen LogP contribution in [0.5, 0.6) is 0 Å². The van der Waals surface area contributed by atoms with Gasteiger partial charge in [-0.2, -0.15) is 0 Å². The van der Waals surface area contributed by atoms with E-state index in [9.17, 15) is 0 Å². The largest absolute Gasteiger partial charge is 0.383 e. The third-order valence-corrected chi connectivity index (χ3v) is 2.86. The lowest BCUT2D eigenvalue weighted by molar-refractivity contribution is 0.190. The summed E-state index contributed by atoms with van der Waals surface area (Å²) in [4.78, 5) is 6.72. The van der Waals surface area contributed by atoms with Crippen LogP contribution in [0.3, 0.4) is 0 Å². The van der Waals surface area contributed by atoms with Crippen molar-refractivity contribution in [2.24, 2.45) is 0 Å².